The van der Waals surface area contributed by atoms with Crippen molar-refractivity contribution in [1.82, 2.24) is 15.0 Å². The smallest absolute Gasteiger partial charge is 0.221 e. The number of halogens is 1. The van der Waals surface area contributed by atoms with Crippen LogP contribution in [-0.2, 0) is 13.0 Å². The zero-order chi connectivity index (χ0) is 17.6. The molecule has 3 aromatic rings. The molecule has 0 N–H and O–H groups in total. The van der Waals surface area contributed by atoms with Gasteiger partial charge in [0, 0.05) is 40.7 Å². The number of pyridine rings is 1. The Hall–Kier alpha value is -2.79. The fraction of sp³-hybridized carbons (Fsp3) is 0.158. The molecule has 5 nitrogen and oxygen atoms in total. The van der Waals surface area contributed by atoms with E-state index in [-0.39, 0.29) is 5.82 Å². The molecule has 0 fully saturated rings. The van der Waals surface area contributed by atoms with Crippen LogP contribution in [0.2, 0.25) is 5.02 Å². The average molecular weight is 354 g/mol. The molecular formula is C19H16ClN3O2. The Kier molecular flexibility index (Phi) is 5.36. The molecule has 0 unspecified atom stereocenters. The average Bonchev–Trinajstić information content (AvgIpc) is 2.64. The number of hydrogen-bond acceptors (Lipinski definition) is 5. The monoisotopic (exact) mass is 353 g/mol. The number of rotatable bonds is 6. The Morgan fingerprint density at radius 3 is 2.72 bits per heavy atom. The van der Waals surface area contributed by atoms with E-state index >= 15 is 0 Å². The van der Waals surface area contributed by atoms with E-state index in [1.54, 1.807) is 12.4 Å². The number of benzene rings is 1. The van der Waals surface area contributed by atoms with Gasteiger partial charge in [0.25, 0.3) is 0 Å². The molecule has 0 atom stereocenters. The molecule has 2 heterocycles. The maximum absolute atomic E-state index is 11.1. The number of aldehydes is 1. The van der Waals surface area contributed by atoms with Crippen LogP contribution in [0.1, 0.15) is 33.0 Å². The summed E-state index contributed by atoms with van der Waals surface area (Å²) in [5.74, 6) is 0.486. The Labute approximate surface area is 150 Å². The van der Waals surface area contributed by atoms with Gasteiger partial charge in [0.2, 0.25) is 5.88 Å². The molecule has 0 spiro atoms. The van der Waals surface area contributed by atoms with Crippen molar-refractivity contribution in [1.29, 1.82) is 0 Å². The van der Waals surface area contributed by atoms with E-state index in [2.05, 4.69) is 15.0 Å². The SMILES string of the molecule is Cc1nc(C=O)nc(OCc2cccnc2)c1Cc1ccccc1Cl. The third-order valence-corrected chi connectivity index (χ3v) is 4.09. The highest BCUT2D eigenvalue weighted by Gasteiger charge is 2.15. The van der Waals surface area contributed by atoms with Crippen LogP contribution in [0, 0.1) is 6.92 Å². The molecule has 3 rings (SSSR count). The van der Waals surface area contributed by atoms with Crippen molar-refractivity contribution in [2.75, 3.05) is 0 Å². The van der Waals surface area contributed by atoms with Crippen LogP contribution >= 0.6 is 11.6 Å². The molecule has 0 amide bonds. The summed E-state index contributed by atoms with van der Waals surface area (Å²) in [4.78, 5) is 23.6. The minimum Gasteiger partial charge on any atom is -0.472 e. The summed E-state index contributed by atoms with van der Waals surface area (Å²) in [6.07, 6.45) is 4.56. The summed E-state index contributed by atoms with van der Waals surface area (Å²) in [5, 5.41) is 0.666. The summed E-state index contributed by atoms with van der Waals surface area (Å²) < 4.78 is 5.87. The number of carbonyl (C=O) groups excluding carboxylic acids is 1. The van der Waals surface area contributed by atoms with Gasteiger partial charge in [-0.2, -0.15) is 4.98 Å². The first-order valence-corrected chi connectivity index (χ1v) is 8.13. The van der Waals surface area contributed by atoms with Crippen molar-refractivity contribution in [2.45, 2.75) is 20.0 Å². The van der Waals surface area contributed by atoms with Gasteiger partial charge in [-0.1, -0.05) is 35.9 Å². The van der Waals surface area contributed by atoms with Crippen LogP contribution in [0.5, 0.6) is 5.88 Å². The quantitative estimate of drug-likeness (QED) is 0.630. The maximum atomic E-state index is 11.1. The molecule has 126 valence electrons. The van der Waals surface area contributed by atoms with Crippen molar-refractivity contribution in [2.24, 2.45) is 0 Å². The summed E-state index contributed by atoms with van der Waals surface area (Å²) in [6.45, 7) is 2.13. The lowest BCUT2D eigenvalue weighted by Gasteiger charge is -2.14. The number of nitrogens with zero attached hydrogens (tertiary/aromatic N) is 3. The Morgan fingerprint density at radius 1 is 1.16 bits per heavy atom. The lowest BCUT2D eigenvalue weighted by atomic mass is 10.0. The van der Waals surface area contributed by atoms with Crippen molar-refractivity contribution in [3.63, 3.8) is 0 Å². The number of hydrogen-bond donors (Lipinski definition) is 0. The second-order valence-corrected chi connectivity index (χ2v) is 5.89. The lowest BCUT2D eigenvalue weighted by molar-refractivity contribution is 0.111. The number of ether oxygens (including phenoxy) is 1. The largest absolute Gasteiger partial charge is 0.472 e. The molecule has 2 aromatic heterocycles. The van der Waals surface area contributed by atoms with E-state index in [9.17, 15) is 4.79 Å². The summed E-state index contributed by atoms with van der Waals surface area (Å²) in [7, 11) is 0. The first-order chi connectivity index (χ1) is 12.2. The molecule has 25 heavy (non-hydrogen) atoms. The van der Waals surface area contributed by atoms with Crippen LogP contribution in [0.25, 0.3) is 0 Å². The predicted octanol–water partition coefficient (Wildman–Crippen LogP) is 3.82. The third-order valence-electron chi connectivity index (χ3n) is 3.72. The topological polar surface area (TPSA) is 65.0 Å². The zero-order valence-electron chi connectivity index (χ0n) is 13.6. The van der Waals surface area contributed by atoms with E-state index in [4.69, 9.17) is 16.3 Å². The van der Waals surface area contributed by atoms with E-state index in [0.29, 0.717) is 35.9 Å². The van der Waals surface area contributed by atoms with Crippen molar-refractivity contribution in [3.8, 4) is 5.88 Å². The van der Waals surface area contributed by atoms with E-state index in [1.165, 1.54) is 0 Å². The molecule has 0 aliphatic heterocycles. The maximum Gasteiger partial charge on any atom is 0.221 e. The first-order valence-electron chi connectivity index (χ1n) is 7.75. The third kappa shape index (κ3) is 4.19. The van der Waals surface area contributed by atoms with Gasteiger partial charge in [-0.25, -0.2) is 4.98 Å². The molecule has 0 aliphatic rings. The van der Waals surface area contributed by atoms with E-state index < -0.39 is 0 Å². The standard InChI is InChI=1S/C19H16ClN3O2/c1-13-16(9-15-6-2-3-7-17(15)20)19(23-18(11-24)22-13)25-12-14-5-4-8-21-10-14/h2-8,10-11H,9,12H2,1H3. The second kappa shape index (κ2) is 7.85. The molecule has 1 aromatic carbocycles. The van der Waals surface area contributed by atoms with E-state index in [0.717, 1.165) is 16.7 Å². The van der Waals surface area contributed by atoms with Gasteiger partial charge in [-0.15, -0.1) is 0 Å². The number of aromatic nitrogens is 3. The fourth-order valence-corrected chi connectivity index (χ4v) is 2.64. The summed E-state index contributed by atoms with van der Waals surface area (Å²) in [5.41, 5.74) is 3.36. The van der Waals surface area contributed by atoms with Gasteiger partial charge in [0.05, 0.1) is 0 Å². The summed E-state index contributed by atoms with van der Waals surface area (Å²) >= 11 is 6.26. The normalized spacial score (nSPS) is 10.5. The van der Waals surface area contributed by atoms with Crippen LogP contribution in [0.3, 0.4) is 0 Å². The highest BCUT2D eigenvalue weighted by molar-refractivity contribution is 6.31. The Balaban J connectivity index is 1.93. The van der Waals surface area contributed by atoms with Gasteiger partial charge in [0.1, 0.15) is 6.61 Å². The van der Waals surface area contributed by atoms with Gasteiger partial charge >= 0.3 is 0 Å². The van der Waals surface area contributed by atoms with Crippen LogP contribution in [0.4, 0.5) is 0 Å². The van der Waals surface area contributed by atoms with Crippen LogP contribution in [-0.4, -0.2) is 21.2 Å². The van der Waals surface area contributed by atoms with Crippen molar-refractivity contribution < 1.29 is 9.53 Å². The molecule has 0 saturated carbocycles. The zero-order valence-corrected chi connectivity index (χ0v) is 14.4. The molecule has 0 radical (unpaired) electrons. The molecular weight excluding hydrogens is 338 g/mol. The van der Waals surface area contributed by atoms with Gasteiger partial charge in [0.15, 0.2) is 12.1 Å². The van der Waals surface area contributed by atoms with Crippen LogP contribution < -0.4 is 4.74 Å². The highest BCUT2D eigenvalue weighted by Crippen LogP contribution is 2.26. The van der Waals surface area contributed by atoms with Crippen molar-refractivity contribution in [3.05, 3.63) is 82.0 Å². The lowest BCUT2D eigenvalue weighted by Crippen LogP contribution is -2.08. The predicted molar refractivity (Wildman–Crippen MR) is 95.0 cm³/mol. The molecule has 0 saturated heterocycles. The fourth-order valence-electron chi connectivity index (χ4n) is 2.43. The van der Waals surface area contributed by atoms with Gasteiger partial charge in [-0.05, 0) is 24.6 Å². The van der Waals surface area contributed by atoms with Gasteiger partial charge < -0.3 is 4.74 Å². The van der Waals surface area contributed by atoms with E-state index in [1.807, 2.05) is 43.3 Å². The minimum absolute atomic E-state index is 0.0987. The number of carbonyl (C=O) groups is 1. The highest BCUT2D eigenvalue weighted by atomic mass is 35.5. The molecule has 0 bridgehead atoms. The molecule has 6 heteroatoms. The van der Waals surface area contributed by atoms with Crippen molar-refractivity contribution >= 4 is 17.9 Å². The minimum atomic E-state index is 0.0987. The summed E-state index contributed by atoms with van der Waals surface area (Å²) in [6, 6.07) is 11.3. The second-order valence-electron chi connectivity index (χ2n) is 5.49. The molecule has 0 aliphatic carbocycles. The van der Waals surface area contributed by atoms with Crippen LogP contribution in [0.15, 0.2) is 48.8 Å². The Bertz CT molecular complexity index is 885. The number of aryl methyl sites for hydroxylation is 1. The first kappa shape index (κ1) is 17.0. The Morgan fingerprint density at radius 2 is 2.00 bits per heavy atom. The van der Waals surface area contributed by atoms with Gasteiger partial charge in [-0.3, -0.25) is 9.78 Å².